The molecule has 6 N–H and O–H groups in total. The van der Waals surface area contributed by atoms with E-state index in [2.05, 4.69) is 5.16 Å². The molecule has 0 aliphatic heterocycles. The number of nitrogens with two attached hydrogens (primary N) is 1. The summed E-state index contributed by atoms with van der Waals surface area (Å²) < 4.78 is 12.3. The lowest BCUT2D eigenvalue weighted by molar-refractivity contribution is -0.153. The molecule has 0 aromatic heterocycles. The third kappa shape index (κ3) is 3.56. The van der Waals surface area contributed by atoms with Gasteiger partial charge in [-0.25, -0.2) is 4.39 Å². The summed E-state index contributed by atoms with van der Waals surface area (Å²) in [7, 11) is 3.05. The number of primary amides is 1. The number of likely N-dealkylation sites (N-methyl/N-ethyl adjacent to an activating group) is 1. The van der Waals surface area contributed by atoms with E-state index in [0.717, 1.165) is 0 Å². The minimum Gasteiger partial charge on any atom is -0.508 e. The number of halogens is 1. The molecule has 36 heavy (non-hydrogen) atoms. The van der Waals surface area contributed by atoms with E-state index in [4.69, 9.17) is 10.6 Å². The van der Waals surface area contributed by atoms with Gasteiger partial charge >= 0.3 is 0 Å². The van der Waals surface area contributed by atoms with Crippen LogP contribution in [0, 0.1) is 11.8 Å². The van der Waals surface area contributed by atoms with Crippen LogP contribution in [0.4, 0.5) is 4.39 Å². The van der Waals surface area contributed by atoms with Gasteiger partial charge < -0.3 is 31.0 Å². The molecule has 1 aromatic carbocycles. The molecule has 4 rings (SSSR count). The van der Waals surface area contributed by atoms with Crippen LogP contribution in [0.5, 0.6) is 5.75 Å². The van der Waals surface area contributed by atoms with Crippen LogP contribution >= 0.6 is 0 Å². The fraction of sp³-hybridized carbons (Fsp3) is 0.417. The van der Waals surface area contributed by atoms with Crippen molar-refractivity contribution in [3.8, 4) is 5.75 Å². The number of amides is 1. The van der Waals surface area contributed by atoms with Crippen LogP contribution in [0.15, 0.2) is 34.2 Å². The lowest BCUT2D eigenvalue weighted by Crippen LogP contribution is -2.65. The molecule has 1 amide bonds. The van der Waals surface area contributed by atoms with Crippen LogP contribution in [-0.4, -0.2) is 88.0 Å². The zero-order valence-corrected chi connectivity index (χ0v) is 19.6. The second-order valence-corrected chi connectivity index (χ2v) is 9.25. The Morgan fingerprint density at radius 2 is 2.00 bits per heavy atom. The van der Waals surface area contributed by atoms with Gasteiger partial charge in [0.05, 0.1) is 17.8 Å². The van der Waals surface area contributed by atoms with Crippen molar-refractivity contribution in [1.29, 1.82) is 0 Å². The highest BCUT2D eigenvalue weighted by Crippen LogP contribution is 2.52. The molecule has 1 fully saturated rings. The maximum absolute atomic E-state index is 13.7. The molecule has 1 saturated carbocycles. The lowest BCUT2D eigenvalue weighted by Gasteiger charge is -2.50. The number of rotatable bonds is 6. The second kappa shape index (κ2) is 9.03. The number of alkyl halides is 1. The standard InChI is InChI=1S/C24H26FN3O8/c1-28(2)18-13-8-11-7-12-10(9-27-36-6-5-25)3-4-14(29)16(12)19(30)15(11)21(32)24(13,35)22(33)17(20(18)31)23(26)34/h3-4,9,11,13,18,29-30,33,35H,5-8H2,1-2H3,(H2,26,34)/t11-,13-,18-,24-/m0/s1. The van der Waals surface area contributed by atoms with E-state index < -0.39 is 64.7 Å². The molecule has 0 radical (unpaired) electrons. The van der Waals surface area contributed by atoms with Crippen LogP contribution < -0.4 is 5.73 Å². The highest BCUT2D eigenvalue weighted by atomic mass is 19.1. The molecule has 3 aliphatic rings. The highest BCUT2D eigenvalue weighted by molar-refractivity contribution is 6.24. The van der Waals surface area contributed by atoms with Gasteiger partial charge in [0.1, 0.15) is 36.1 Å². The van der Waals surface area contributed by atoms with E-state index in [0.29, 0.717) is 11.1 Å². The molecule has 0 bridgehead atoms. The summed E-state index contributed by atoms with van der Waals surface area (Å²) in [4.78, 5) is 45.0. The van der Waals surface area contributed by atoms with Gasteiger partial charge in [-0.1, -0.05) is 5.16 Å². The summed E-state index contributed by atoms with van der Waals surface area (Å²) in [5.41, 5.74) is 2.27. The number of ketones is 2. The number of phenolic OH excluding ortho intramolecular Hbond substituents is 1. The van der Waals surface area contributed by atoms with Crippen molar-refractivity contribution in [3.63, 3.8) is 0 Å². The second-order valence-electron chi connectivity index (χ2n) is 9.25. The monoisotopic (exact) mass is 503 g/mol. The third-order valence-electron chi connectivity index (χ3n) is 7.08. The molecular weight excluding hydrogens is 477 g/mol. The predicted molar refractivity (Wildman–Crippen MR) is 124 cm³/mol. The van der Waals surface area contributed by atoms with Crippen LogP contribution in [0.25, 0.3) is 5.76 Å². The molecule has 0 unspecified atom stereocenters. The van der Waals surface area contributed by atoms with E-state index in [-0.39, 0.29) is 36.3 Å². The number of benzene rings is 1. The summed E-state index contributed by atoms with van der Waals surface area (Å²) in [5.74, 6) is -7.19. The number of phenols is 1. The molecule has 0 heterocycles. The van der Waals surface area contributed by atoms with Crippen molar-refractivity contribution in [2.24, 2.45) is 22.7 Å². The fourth-order valence-electron chi connectivity index (χ4n) is 5.57. The van der Waals surface area contributed by atoms with E-state index in [1.165, 1.54) is 37.3 Å². The number of nitrogens with zero attached hydrogens (tertiary/aromatic N) is 2. The SMILES string of the molecule is CN(C)[C@@H]1C(=O)C(C(N)=O)=C(O)[C@@]2(O)C(=O)C3=C(O)c4c(O)ccc(C=NOCCF)c4C[C@H]3C[C@@H]12. The molecular formula is C24H26FN3O8. The molecule has 4 atom stereocenters. The zero-order valence-electron chi connectivity index (χ0n) is 19.6. The van der Waals surface area contributed by atoms with Crippen molar-refractivity contribution >= 4 is 29.4 Å². The molecule has 0 spiro atoms. The van der Waals surface area contributed by atoms with Gasteiger partial charge in [0.2, 0.25) is 5.78 Å². The number of aliphatic hydroxyl groups excluding tert-OH is 2. The Balaban J connectivity index is 1.90. The maximum atomic E-state index is 13.7. The van der Waals surface area contributed by atoms with Crippen LogP contribution in [-0.2, 0) is 25.6 Å². The number of oxime groups is 1. The van der Waals surface area contributed by atoms with Gasteiger partial charge in [-0.05, 0) is 50.6 Å². The number of hydrogen-bond donors (Lipinski definition) is 5. The number of aromatic hydroxyl groups is 1. The predicted octanol–water partition coefficient (Wildman–Crippen LogP) is 0.284. The molecule has 3 aliphatic carbocycles. The van der Waals surface area contributed by atoms with Crippen molar-refractivity contribution in [3.05, 3.63) is 45.7 Å². The maximum Gasteiger partial charge on any atom is 0.255 e. The summed E-state index contributed by atoms with van der Waals surface area (Å²) in [6, 6.07) is 1.61. The van der Waals surface area contributed by atoms with Gasteiger partial charge in [0.15, 0.2) is 11.4 Å². The Morgan fingerprint density at radius 3 is 2.61 bits per heavy atom. The number of carbonyl (C=O) groups excluding carboxylic acids is 3. The Hall–Kier alpha value is -3.77. The van der Waals surface area contributed by atoms with Gasteiger partial charge in [-0.2, -0.15) is 0 Å². The largest absolute Gasteiger partial charge is 0.508 e. The number of carbonyl (C=O) groups is 3. The van der Waals surface area contributed by atoms with Crippen LogP contribution in [0.2, 0.25) is 0 Å². The Bertz CT molecular complexity index is 1250. The first kappa shape index (κ1) is 25.3. The Labute approximate surface area is 204 Å². The summed E-state index contributed by atoms with van der Waals surface area (Å²) >= 11 is 0. The number of aliphatic hydroxyl groups is 3. The molecule has 1 aromatic rings. The third-order valence-corrected chi connectivity index (χ3v) is 7.08. The Morgan fingerprint density at radius 1 is 1.31 bits per heavy atom. The van der Waals surface area contributed by atoms with Crippen LogP contribution in [0.3, 0.4) is 0 Å². The highest BCUT2D eigenvalue weighted by Gasteiger charge is 2.64. The minimum atomic E-state index is -2.70. The molecule has 12 heteroatoms. The van der Waals surface area contributed by atoms with Gasteiger partial charge in [-0.15, -0.1) is 0 Å². The van der Waals surface area contributed by atoms with E-state index in [1.807, 2.05) is 0 Å². The van der Waals surface area contributed by atoms with Gasteiger partial charge in [-0.3, -0.25) is 19.3 Å². The number of fused-ring (bicyclic) bond motifs is 3. The zero-order chi connectivity index (χ0) is 26.5. The van der Waals surface area contributed by atoms with E-state index in [9.17, 15) is 39.2 Å². The summed E-state index contributed by atoms with van der Waals surface area (Å²) in [6.45, 7) is -0.995. The average Bonchev–Trinajstić information content (AvgIpc) is 2.80. The van der Waals surface area contributed by atoms with E-state index >= 15 is 0 Å². The smallest absolute Gasteiger partial charge is 0.255 e. The van der Waals surface area contributed by atoms with Crippen molar-refractivity contribution < 1.29 is 44.0 Å². The van der Waals surface area contributed by atoms with E-state index in [1.54, 1.807) is 0 Å². The van der Waals surface area contributed by atoms with Crippen LogP contribution in [0.1, 0.15) is 23.1 Å². The van der Waals surface area contributed by atoms with Crippen molar-refractivity contribution in [2.75, 3.05) is 27.4 Å². The molecule has 11 nitrogen and oxygen atoms in total. The van der Waals surface area contributed by atoms with Gasteiger partial charge in [0.25, 0.3) is 5.91 Å². The summed E-state index contributed by atoms with van der Waals surface area (Å²) in [6.07, 6.45) is 1.36. The average molecular weight is 503 g/mol. The first-order valence-electron chi connectivity index (χ1n) is 11.2. The molecule has 0 saturated heterocycles. The number of hydrogen-bond acceptors (Lipinski definition) is 10. The lowest BCUT2D eigenvalue weighted by atomic mass is 9.57. The quantitative estimate of drug-likeness (QED) is 0.158. The minimum absolute atomic E-state index is 0.0314. The first-order chi connectivity index (χ1) is 17.0. The normalized spacial score (nSPS) is 27.9. The first-order valence-corrected chi connectivity index (χ1v) is 11.2. The fourth-order valence-corrected chi connectivity index (χ4v) is 5.57. The summed E-state index contributed by atoms with van der Waals surface area (Å²) in [5, 5.41) is 47.7. The van der Waals surface area contributed by atoms with Crippen molar-refractivity contribution in [1.82, 2.24) is 4.90 Å². The number of Topliss-reactive ketones (excluding diaryl/α,β-unsaturated/α-hetero) is 2. The topological polar surface area (TPSA) is 183 Å². The Kier molecular flexibility index (Phi) is 6.35. The molecule has 192 valence electrons. The van der Waals surface area contributed by atoms with Gasteiger partial charge in [0, 0.05) is 17.1 Å². The van der Waals surface area contributed by atoms with Crippen molar-refractivity contribution in [2.45, 2.75) is 24.5 Å².